The van der Waals surface area contributed by atoms with Crippen molar-refractivity contribution < 1.29 is 4.74 Å². The van der Waals surface area contributed by atoms with Crippen LogP contribution in [0.3, 0.4) is 0 Å². The summed E-state index contributed by atoms with van der Waals surface area (Å²) in [4.78, 5) is 4.54. The molecular formula is C16H13NO. The van der Waals surface area contributed by atoms with E-state index in [4.69, 9.17) is 4.74 Å². The summed E-state index contributed by atoms with van der Waals surface area (Å²) in [5, 5.41) is 4.24. The van der Waals surface area contributed by atoms with Crippen molar-refractivity contribution in [2.45, 2.75) is 0 Å². The number of benzene rings is 2. The second-order valence-electron chi connectivity index (χ2n) is 4.11. The molecule has 1 aliphatic rings. The third kappa shape index (κ3) is 1.82. The van der Waals surface area contributed by atoms with E-state index in [1.165, 1.54) is 0 Å². The Morgan fingerprint density at radius 1 is 0.889 bits per heavy atom. The lowest BCUT2D eigenvalue weighted by Gasteiger charge is -2.01. The Bertz CT molecular complexity index is 819. The lowest BCUT2D eigenvalue weighted by atomic mass is 10.2. The van der Waals surface area contributed by atoms with E-state index in [1.807, 2.05) is 36.5 Å². The fraction of sp³-hybridized carbons (Fsp3) is 0.0625. The van der Waals surface area contributed by atoms with Crippen LogP contribution in [0.2, 0.25) is 0 Å². The normalized spacial score (nSPS) is 19.8. The van der Waals surface area contributed by atoms with Crippen LogP contribution >= 0.6 is 0 Å². The van der Waals surface area contributed by atoms with Crippen molar-refractivity contribution in [1.29, 1.82) is 0 Å². The largest absolute Gasteiger partial charge is 0.496 e. The van der Waals surface area contributed by atoms with Crippen LogP contribution in [0.25, 0.3) is 18.4 Å². The average molecular weight is 235 g/mol. The van der Waals surface area contributed by atoms with Crippen molar-refractivity contribution in [3.05, 3.63) is 63.5 Å². The Labute approximate surface area is 105 Å². The Morgan fingerprint density at radius 2 is 1.72 bits per heavy atom. The molecule has 1 heterocycles. The maximum absolute atomic E-state index is 5.37. The first-order valence-electron chi connectivity index (χ1n) is 5.86. The highest BCUT2D eigenvalue weighted by Crippen LogP contribution is 1.98. The van der Waals surface area contributed by atoms with Crippen LogP contribution in [0, 0.1) is 0 Å². The van der Waals surface area contributed by atoms with Gasteiger partial charge < -0.3 is 4.74 Å². The molecule has 88 valence electrons. The monoisotopic (exact) mass is 235 g/mol. The molecule has 0 atom stereocenters. The van der Waals surface area contributed by atoms with Gasteiger partial charge in [0.2, 0.25) is 0 Å². The van der Waals surface area contributed by atoms with E-state index in [-0.39, 0.29) is 0 Å². The third-order valence-electron chi connectivity index (χ3n) is 3.03. The fourth-order valence-corrected chi connectivity index (χ4v) is 2.08. The maximum Gasteiger partial charge on any atom is 0.128 e. The molecule has 18 heavy (non-hydrogen) atoms. The van der Waals surface area contributed by atoms with Crippen molar-refractivity contribution in [3.63, 3.8) is 0 Å². The van der Waals surface area contributed by atoms with Crippen LogP contribution in [0.4, 0.5) is 0 Å². The summed E-state index contributed by atoms with van der Waals surface area (Å²) >= 11 is 0. The van der Waals surface area contributed by atoms with Gasteiger partial charge in [-0.2, -0.15) is 0 Å². The minimum absolute atomic E-state index is 0.847. The Kier molecular flexibility index (Phi) is 2.69. The van der Waals surface area contributed by atoms with Gasteiger partial charge in [0.1, 0.15) is 5.75 Å². The molecule has 0 saturated carbocycles. The molecule has 0 aliphatic carbocycles. The standard InChI is InChI=1S/C16H13NO/c1-18-16-8-4-7-15-14(16)10-9-12-5-2-3-6-13(12)11-17-15/h2-11H,1H3/b10-9?,12-9-,13-11-,14-10+,17-11?,17-15-. The molecule has 2 nitrogen and oxygen atoms in total. The molecule has 0 unspecified atom stereocenters. The quantitative estimate of drug-likeness (QED) is 0.698. The molecule has 0 radical (unpaired) electrons. The van der Waals surface area contributed by atoms with Gasteiger partial charge in [-0.3, -0.25) is 4.99 Å². The van der Waals surface area contributed by atoms with Gasteiger partial charge in [0.05, 0.1) is 12.5 Å². The minimum Gasteiger partial charge on any atom is -0.496 e. The van der Waals surface area contributed by atoms with Crippen LogP contribution in [0.15, 0.2) is 47.5 Å². The van der Waals surface area contributed by atoms with Crippen LogP contribution in [0.5, 0.6) is 5.75 Å². The van der Waals surface area contributed by atoms with Gasteiger partial charge in [0.15, 0.2) is 0 Å². The number of rotatable bonds is 1. The van der Waals surface area contributed by atoms with E-state index >= 15 is 0 Å². The second-order valence-corrected chi connectivity index (χ2v) is 4.11. The number of hydrogen-bond acceptors (Lipinski definition) is 2. The van der Waals surface area contributed by atoms with Crippen LogP contribution < -0.4 is 25.8 Å². The number of nitrogens with zero attached hydrogens (tertiary/aromatic N) is 1. The summed E-state index contributed by atoms with van der Waals surface area (Å²) in [7, 11) is 1.68. The molecule has 0 aromatic heterocycles. The fourth-order valence-electron chi connectivity index (χ4n) is 2.08. The van der Waals surface area contributed by atoms with Gasteiger partial charge in [0.25, 0.3) is 0 Å². The zero-order chi connectivity index (χ0) is 12.4. The lowest BCUT2D eigenvalue weighted by Crippen LogP contribution is -2.30. The molecule has 0 fully saturated rings. The van der Waals surface area contributed by atoms with E-state index in [0.29, 0.717) is 0 Å². The molecule has 0 spiro atoms. The van der Waals surface area contributed by atoms with Gasteiger partial charge in [-0.1, -0.05) is 36.4 Å². The highest BCUT2D eigenvalue weighted by atomic mass is 16.5. The summed E-state index contributed by atoms with van der Waals surface area (Å²) in [6, 6.07) is 14.1. The van der Waals surface area contributed by atoms with E-state index < -0.39 is 0 Å². The molecule has 0 amide bonds. The van der Waals surface area contributed by atoms with Gasteiger partial charge in [-0.25, -0.2) is 0 Å². The van der Waals surface area contributed by atoms with E-state index in [1.54, 1.807) is 7.11 Å². The summed E-state index contributed by atoms with van der Waals surface area (Å²) in [6.45, 7) is 0. The lowest BCUT2D eigenvalue weighted by molar-refractivity contribution is 0.410. The summed E-state index contributed by atoms with van der Waals surface area (Å²) in [6.07, 6.45) is 6.06. The van der Waals surface area contributed by atoms with Gasteiger partial charge in [0, 0.05) is 11.4 Å². The maximum atomic E-state index is 5.37. The van der Waals surface area contributed by atoms with Crippen LogP contribution in [-0.4, -0.2) is 7.11 Å². The van der Waals surface area contributed by atoms with E-state index in [0.717, 1.165) is 26.8 Å². The van der Waals surface area contributed by atoms with Crippen molar-refractivity contribution in [1.82, 2.24) is 0 Å². The summed E-state index contributed by atoms with van der Waals surface area (Å²) < 4.78 is 5.37. The molecule has 2 aromatic rings. The van der Waals surface area contributed by atoms with Gasteiger partial charge in [-0.05, 0) is 28.6 Å². The van der Waals surface area contributed by atoms with Crippen molar-refractivity contribution in [3.8, 4) is 5.75 Å². The first-order chi connectivity index (χ1) is 8.88. The molecule has 0 bridgehead atoms. The molecule has 1 aliphatic heterocycles. The zero-order valence-corrected chi connectivity index (χ0v) is 10.1. The summed E-state index contributed by atoms with van der Waals surface area (Å²) in [5.41, 5.74) is 0. The number of methoxy groups -OCH3 is 1. The number of hydrogen-bond donors (Lipinski definition) is 0. The minimum atomic E-state index is 0.847. The molecule has 0 saturated heterocycles. The first kappa shape index (κ1) is 10.8. The topological polar surface area (TPSA) is 21.6 Å². The molecule has 2 heteroatoms. The van der Waals surface area contributed by atoms with Crippen molar-refractivity contribution in [2.24, 2.45) is 4.99 Å². The number of fused-ring (bicyclic) bond motifs is 2. The molecular weight excluding hydrogens is 222 g/mol. The van der Waals surface area contributed by atoms with Gasteiger partial charge in [-0.15, -0.1) is 0 Å². The predicted molar refractivity (Wildman–Crippen MR) is 72.9 cm³/mol. The SMILES string of the molecule is COc1cccc2/c1=C\C=c1\cccc\c1=C\N=2. The molecule has 3 rings (SSSR count). The Balaban J connectivity index is 2.42. The second kappa shape index (κ2) is 4.49. The number of ether oxygens (including phenoxy) is 1. The van der Waals surface area contributed by atoms with E-state index in [2.05, 4.69) is 29.3 Å². The van der Waals surface area contributed by atoms with Crippen LogP contribution in [-0.2, 0) is 0 Å². The highest BCUT2D eigenvalue weighted by Gasteiger charge is 1.96. The Morgan fingerprint density at radius 3 is 2.56 bits per heavy atom. The van der Waals surface area contributed by atoms with Crippen molar-refractivity contribution >= 4 is 18.4 Å². The average Bonchev–Trinajstić information content (AvgIpc) is 2.41. The summed E-state index contributed by atoms with van der Waals surface area (Å²) in [5.74, 6) is 0.847. The molecule has 0 N–H and O–H groups in total. The predicted octanol–water partition coefficient (Wildman–Crippen LogP) is 0.328. The smallest absolute Gasteiger partial charge is 0.128 e. The van der Waals surface area contributed by atoms with Gasteiger partial charge >= 0.3 is 0 Å². The van der Waals surface area contributed by atoms with E-state index in [9.17, 15) is 0 Å². The highest BCUT2D eigenvalue weighted by molar-refractivity contribution is 5.63. The third-order valence-corrected chi connectivity index (χ3v) is 3.03. The van der Waals surface area contributed by atoms with Crippen molar-refractivity contribution in [2.75, 3.05) is 7.11 Å². The first-order valence-corrected chi connectivity index (χ1v) is 5.86. The Hall–Kier alpha value is -2.35. The molecule has 2 aromatic carbocycles. The zero-order valence-electron chi connectivity index (χ0n) is 10.1. The van der Waals surface area contributed by atoms with Crippen LogP contribution in [0.1, 0.15) is 0 Å².